The first-order valence-electron chi connectivity index (χ1n) is 7.57. The van der Waals surface area contributed by atoms with Gasteiger partial charge in [-0.1, -0.05) is 18.2 Å². The summed E-state index contributed by atoms with van der Waals surface area (Å²) in [6, 6.07) is 14.9. The molecule has 0 aliphatic carbocycles. The molecule has 3 aromatic rings. The van der Waals surface area contributed by atoms with E-state index in [1.807, 2.05) is 36.4 Å². The second-order valence-electron chi connectivity index (χ2n) is 5.49. The number of ether oxygens (including phenoxy) is 2. The van der Waals surface area contributed by atoms with Crippen LogP contribution in [-0.2, 0) is 6.54 Å². The van der Waals surface area contributed by atoms with Crippen molar-refractivity contribution in [3.63, 3.8) is 0 Å². The van der Waals surface area contributed by atoms with Gasteiger partial charge in [0.2, 0.25) is 0 Å². The van der Waals surface area contributed by atoms with Gasteiger partial charge in [-0.3, -0.25) is 4.79 Å². The van der Waals surface area contributed by atoms with Crippen molar-refractivity contribution < 1.29 is 18.7 Å². The van der Waals surface area contributed by atoms with E-state index in [-0.39, 0.29) is 5.91 Å². The molecule has 2 aromatic carbocycles. The number of furan rings is 1. The van der Waals surface area contributed by atoms with Crippen LogP contribution >= 0.6 is 0 Å². The maximum absolute atomic E-state index is 12.6. The van der Waals surface area contributed by atoms with Crippen LogP contribution in [0.1, 0.15) is 16.1 Å². The number of rotatable bonds is 5. The molecule has 124 valence electrons. The van der Waals surface area contributed by atoms with Gasteiger partial charge in [-0.15, -0.1) is 0 Å². The van der Waals surface area contributed by atoms with E-state index >= 15 is 0 Å². The predicted octanol–water partition coefficient (Wildman–Crippen LogP) is 3.72. The van der Waals surface area contributed by atoms with E-state index in [9.17, 15) is 4.79 Å². The van der Waals surface area contributed by atoms with E-state index in [1.54, 1.807) is 38.3 Å². The lowest BCUT2D eigenvalue weighted by molar-refractivity contribution is 0.0755. The van der Waals surface area contributed by atoms with E-state index in [0.717, 1.165) is 10.9 Å². The number of fused-ring (bicyclic) bond motifs is 1. The molecule has 5 nitrogen and oxygen atoms in total. The molecule has 24 heavy (non-hydrogen) atoms. The van der Waals surface area contributed by atoms with Gasteiger partial charge in [0.25, 0.3) is 5.91 Å². The normalized spacial score (nSPS) is 10.6. The topological polar surface area (TPSA) is 51.9 Å². The molecule has 0 radical (unpaired) electrons. The number of para-hydroxylation sites is 1. The molecular weight excluding hydrogens is 306 g/mol. The number of nitrogens with zero attached hydrogens (tertiary/aromatic N) is 1. The fourth-order valence-corrected chi connectivity index (χ4v) is 2.59. The third-order valence-corrected chi connectivity index (χ3v) is 3.88. The molecule has 0 saturated heterocycles. The minimum absolute atomic E-state index is 0.177. The van der Waals surface area contributed by atoms with Crippen LogP contribution in [0.5, 0.6) is 11.5 Å². The van der Waals surface area contributed by atoms with Crippen molar-refractivity contribution in [1.82, 2.24) is 4.90 Å². The molecule has 0 spiro atoms. The molecule has 5 heteroatoms. The van der Waals surface area contributed by atoms with Gasteiger partial charge in [-0.25, -0.2) is 0 Å². The number of carbonyl (C=O) groups excluding carboxylic acids is 1. The van der Waals surface area contributed by atoms with Crippen LogP contribution in [0.15, 0.2) is 52.9 Å². The second-order valence-corrected chi connectivity index (χ2v) is 5.49. The minimum atomic E-state index is -0.177. The number of methoxy groups -OCH3 is 2. The SMILES string of the molecule is COc1ccc(CN(C)C(=O)c2cc3ccccc3o2)c(OC)c1. The fourth-order valence-electron chi connectivity index (χ4n) is 2.59. The van der Waals surface area contributed by atoms with E-state index in [0.29, 0.717) is 29.4 Å². The number of hydrogen-bond acceptors (Lipinski definition) is 4. The fraction of sp³-hybridized carbons (Fsp3) is 0.211. The molecule has 0 saturated carbocycles. The molecule has 1 heterocycles. The zero-order valence-electron chi connectivity index (χ0n) is 13.9. The number of hydrogen-bond donors (Lipinski definition) is 0. The summed E-state index contributed by atoms with van der Waals surface area (Å²) in [5.41, 5.74) is 1.60. The number of benzene rings is 2. The predicted molar refractivity (Wildman–Crippen MR) is 91.6 cm³/mol. The monoisotopic (exact) mass is 325 g/mol. The Bertz CT molecular complexity index is 836. The standard InChI is InChI=1S/C19H19NO4/c1-20(12-14-8-9-15(22-2)11-17(14)23-3)19(21)18-10-13-6-4-5-7-16(13)24-18/h4-11H,12H2,1-3H3. The van der Waals surface area contributed by atoms with Crippen LogP contribution in [-0.4, -0.2) is 32.1 Å². The van der Waals surface area contributed by atoms with Gasteiger partial charge in [-0.05, 0) is 24.3 Å². The zero-order valence-corrected chi connectivity index (χ0v) is 13.9. The maximum atomic E-state index is 12.6. The highest BCUT2D eigenvalue weighted by molar-refractivity contribution is 5.95. The molecular formula is C19H19NO4. The molecule has 0 N–H and O–H groups in total. The second kappa shape index (κ2) is 6.66. The highest BCUT2D eigenvalue weighted by Gasteiger charge is 2.18. The molecule has 3 rings (SSSR count). The van der Waals surface area contributed by atoms with Gasteiger partial charge in [0.15, 0.2) is 5.76 Å². The summed E-state index contributed by atoms with van der Waals surface area (Å²) < 4.78 is 16.2. The molecule has 0 aliphatic heterocycles. The summed E-state index contributed by atoms with van der Waals surface area (Å²) >= 11 is 0. The van der Waals surface area contributed by atoms with Crippen molar-refractivity contribution in [2.75, 3.05) is 21.3 Å². The minimum Gasteiger partial charge on any atom is -0.497 e. The number of carbonyl (C=O) groups is 1. The Morgan fingerprint density at radius 3 is 2.58 bits per heavy atom. The van der Waals surface area contributed by atoms with E-state index in [4.69, 9.17) is 13.9 Å². The van der Waals surface area contributed by atoms with E-state index in [1.165, 1.54) is 0 Å². The van der Waals surface area contributed by atoms with Gasteiger partial charge in [0.05, 0.1) is 14.2 Å². The highest BCUT2D eigenvalue weighted by atomic mass is 16.5. The highest BCUT2D eigenvalue weighted by Crippen LogP contribution is 2.26. The van der Waals surface area contributed by atoms with Crippen molar-refractivity contribution in [2.24, 2.45) is 0 Å². The van der Waals surface area contributed by atoms with E-state index in [2.05, 4.69) is 0 Å². The molecule has 0 aliphatic rings. The lowest BCUT2D eigenvalue weighted by Gasteiger charge is -2.18. The number of amides is 1. The van der Waals surface area contributed by atoms with Crippen LogP contribution in [0.3, 0.4) is 0 Å². The molecule has 0 unspecified atom stereocenters. The zero-order chi connectivity index (χ0) is 17.1. The summed E-state index contributed by atoms with van der Waals surface area (Å²) in [6.07, 6.45) is 0. The quantitative estimate of drug-likeness (QED) is 0.717. The van der Waals surface area contributed by atoms with Gasteiger partial charge < -0.3 is 18.8 Å². The van der Waals surface area contributed by atoms with Crippen LogP contribution < -0.4 is 9.47 Å². The molecule has 1 amide bonds. The van der Waals surface area contributed by atoms with E-state index < -0.39 is 0 Å². The van der Waals surface area contributed by atoms with Crippen molar-refractivity contribution in [3.8, 4) is 11.5 Å². The van der Waals surface area contributed by atoms with Crippen molar-refractivity contribution in [1.29, 1.82) is 0 Å². The Morgan fingerprint density at radius 1 is 1.08 bits per heavy atom. The van der Waals surface area contributed by atoms with Crippen LogP contribution in [0.2, 0.25) is 0 Å². The average Bonchev–Trinajstić information content (AvgIpc) is 3.05. The lowest BCUT2D eigenvalue weighted by Crippen LogP contribution is -2.26. The summed E-state index contributed by atoms with van der Waals surface area (Å²) in [7, 11) is 4.93. The van der Waals surface area contributed by atoms with Gasteiger partial charge >= 0.3 is 0 Å². The van der Waals surface area contributed by atoms with Gasteiger partial charge in [0.1, 0.15) is 17.1 Å². The summed E-state index contributed by atoms with van der Waals surface area (Å²) in [6.45, 7) is 0.406. The Kier molecular flexibility index (Phi) is 4.42. The van der Waals surface area contributed by atoms with Gasteiger partial charge in [0, 0.05) is 30.6 Å². The van der Waals surface area contributed by atoms with Crippen LogP contribution in [0.25, 0.3) is 11.0 Å². The largest absolute Gasteiger partial charge is 0.497 e. The van der Waals surface area contributed by atoms with Crippen molar-refractivity contribution in [2.45, 2.75) is 6.54 Å². The van der Waals surface area contributed by atoms with Crippen LogP contribution in [0.4, 0.5) is 0 Å². The van der Waals surface area contributed by atoms with Crippen LogP contribution in [0, 0.1) is 0 Å². The first-order valence-corrected chi connectivity index (χ1v) is 7.57. The smallest absolute Gasteiger partial charge is 0.289 e. The first kappa shape index (κ1) is 15.9. The Hall–Kier alpha value is -2.95. The summed E-state index contributed by atoms with van der Waals surface area (Å²) in [5, 5.41) is 0.913. The Labute approximate surface area is 140 Å². The molecule has 0 atom stereocenters. The maximum Gasteiger partial charge on any atom is 0.289 e. The lowest BCUT2D eigenvalue weighted by atomic mass is 10.1. The third kappa shape index (κ3) is 3.06. The van der Waals surface area contributed by atoms with Gasteiger partial charge in [-0.2, -0.15) is 0 Å². The molecule has 1 aromatic heterocycles. The Balaban J connectivity index is 1.81. The summed E-state index contributed by atoms with van der Waals surface area (Å²) in [5.74, 6) is 1.54. The summed E-state index contributed by atoms with van der Waals surface area (Å²) in [4.78, 5) is 14.2. The first-order chi connectivity index (χ1) is 11.6. The Morgan fingerprint density at radius 2 is 1.88 bits per heavy atom. The molecule has 0 bridgehead atoms. The van der Waals surface area contributed by atoms with Crippen molar-refractivity contribution >= 4 is 16.9 Å². The van der Waals surface area contributed by atoms with Crippen molar-refractivity contribution in [3.05, 3.63) is 59.9 Å². The molecule has 0 fully saturated rings. The average molecular weight is 325 g/mol. The third-order valence-electron chi connectivity index (χ3n) is 3.88.